The summed E-state index contributed by atoms with van der Waals surface area (Å²) in [5, 5.41) is 7.57. The summed E-state index contributed by atoms with van der Waals surface area (Å²) in [6, 6.07) is 7.83. The van der Waals surface area contributed by atoms with Gasteiger partial charge in [-0.25, -0.2) is 15.0 Å². The van der Waals surface area contributed by atoms with Gasteiger partial charge in [0.2, 0.25) is 5.95 Å². The van der Waals surface area contributed by atoms with E-state index in [0.717, 1.165) is 46.6 Å². The lowest BCUT2D eigenvalue weighted by molar-refractivity contribution is 0.195. The van der Waals surface area contributed by atoms with E-state index in [1.54, 1.807) is 32.8 Å². The zero-order valence-corrected chi connectivity index (χ0v) is 17.5. The molecule has 0 bridgehead atoms. The van der Waals surface area contributed by atoms with Crippen molar-refractivity contribution in [3.8, 4) is 5.75 Å². The average Bonchev–Trinajstić information content (AvgIpc) is 3.31. The van der Waals surface area contributed by atoms with Crippen LogP contribution in [0.25, 0.3) is 16.5 Å². The number of rotatable bonds is 7. The molecule has 0 aliphatic carbocycles. The van der Waals surface area contributed by atoms with Crippen molar-refractivity contribution in [1.29, 1.82) is 0 Å². The molecule has 4 N–H and O–H groups in total. The molecule has 1 aromatic carbocycles. The smallest absolute Gasteiger partial charge is 0.227 e. The summed E-state index contributed by atoms with van der Waals surface area (Å²) < 4.78 is 11.0. The molecule has 3 heterocycles. The average molecular weight is 419 g/mol. The molecule has 9 nitrogen and oxygen atoms in total. The zero-order chi connectivity index (χ0) is 21.6. The minimum atomic E-state index is 0.230. The molecule has 1 fully saturated rings. The standard InChI is InChI=1S/C22H25N7O2/c1-24-11-16(10-23)14-3-4-18(19(9-14)30-2)28-22-26-12-15-5-7-25-21(20(15)29-22)27-17-6-8-31-13-17/h3-5,7,9-12,17H,6,8,13,23H2,1-2H3,(H,25,27)(H,26,28,29). The molecule has 0 saturated carbocycles. The number of aliphatic imine (C=N–C) groups is 1. The van der Waals surface area contributed by atoms with E-state index in [1.165, 1.54) is 6.20 Å². The van der Waals surface area contributed by atoms with Gasteiger partial charge >= 0.3 is 0 Å². The van der Waals surface area contributed by atoms with Gasteiger partial charge in [0, 0.05) is 49.4 Å². The largest absolute Gasteiger partial charge is 0.495 e. The van der Waals surface area contributed by atoms with Crippen molar-refractivity contribution >= 4 is 40.1 Å². The summed E-state index contributed by atoms with van der Waals surface area (Å²) in [6.07, 6.45) is 7.68. The Morgan fingerprint density at radius 2 is 2.23 bits per heavy atom. The van der Waals surface area contributed by atoms with Crippen LogP contribution >= 0.6 is 0 Å². The van der Waals surface area contributed by atoms with Crippen LogP contribution in [0.15, 0.2) is 47.9 Å². The van der Waals surface area contributed by atoms with Crippen LogP contribution in [0.2, 0.25) is 0 Å². The molecule has 9 heteroatoms. The van der Waals surface area contributed by atoms with Gasteiger partial charge in [-0.2, -0.15) is 0 Å². The molecule has 1 aliphatic heterocycles. The van der Waals surface area contributed by atoms with Gasteiger partial charge in [-0.1, -0.05) is 6.07 Å². The molecular weight excluding hydrogens is 394 g/mol. The first-order chi connectivity index (χ1) is 15.2. The van der Waals surface area contributed by atoms with Crippen molar-refractivity contribution < 1.29 is 9.47 Å². The van der Waals surface area contributed by atoms with Gasteiger partial charge in [-0.15, -0.1) is 0 Å². The van der Waals surface area contributed by atoms with Crippen LogP contribution in [0.5, 0.6) is 5.75 Å². The SMILES string of the molecule is CN=CC(=CN)c1ccc(Nc2ncc3ccnc(NC4CCOC4)c3n2)c(OC)c1. The number of nitrogens with one attached hydrogen (secondary N) is 2. The number of hydrogen-bond acceptors (Lipinski definition) is 9. The summed E-state index contributed by atoms with van der Waals surface area (Å²) in [5.41, 5.74) is 8.89. The summed E-state index contributed by atoms with van der Waals surface area (Å²) in [7, 11) is 3.31. The van der Waals surface area contributed by atoms with Crippen LogP contribution in [0.1, 0.15) is 12.0 Å². The Hall–Kier alpha value is -3.72. The molecular formula is C22H25N7O2. The fourth-order valence-corrected chi connectivity index (χ4v) is 3.41. The number of nitrogens with two attached hydrogens (primary N) is 1. The Morgan fingerprint density at radius 3 is 2.97 bits per heavy atom. The molecule has 4 rings (SSSR count). The topological polar surface area (TPSA) is 120 Å². The number of ether oxygens (including phenoxy) is 2. The van der Waals surface area contributed by atoms with Crippen LogP contribution in [-0.4, -0.2) is 54.6 Å². The van der Waals surface area contributed by atoms with E-state index in [9.17, 15) is 0 Å². The van der Waals surface area contributed by atoms with Gasteiger partial charge in [0.1, 0.15) is 11.3 Å². The molecule has 0 amide bonds. The molecule has 160 valence electrons. The van der Waals surface area contributed by atoms with Crippen LogP contribution in [0.4, 0.5) is 17.5 Å². The number of nitrogens with zero attached hydrogens (tertiary/aromatic N) is 4. The van der Waals surface area contributed by atoms with Gasteiger partial charge in [0.15, 0.2) is 5.82 Å². The van der Waals surface area contributed by atoms with Gasteiger partial charge in [-0.05, 0) is 30.2 Å². The summed E-state index contributed by atoms with van der Waals surface area (Å²) in [5.74, 6) is 1.80. The highest BCUT2D eigenvalue weighted by Crippen LogP contribution is 2.30. The minimum absolute atomic E-state index is 0.230. The first-order valence-electron chi connectivity index (χ1n) is 9.97. The lowest BCUT2D eigenvalue weighted by Crippen LogP contribution is -2.20. The number of fused-ring (bicyclic) bond motifs is 1. The van der Waals surface area contributed by atoms with Gasteiger partial charge < -0.3 is 25.8 Å². The molecule has 1 aliphatic rings. The van der Waals surface area contributed by atoms with Crippen molar-refractivity contribution in [2.45, 2.75) is 12.5 Å². The third-order valence-corrected chi connectivity index (χ3v) is 5.00. The van der Waals surface area contributed by atoms with E-state index in [0.29, 0.717) is 18.3 Å². The Labute approximate surface area is 180 Å². The van der Waals surface area contributed by atoms with Crippen molar-refractivity contribution in [2.75, 3.05) is 38.0 Å². The maximum absolute atomic E-state index is 5.72. The summed E-state index contributed by atoms with van der Waals surface area (Å²) >= 11 is 0. The minimum Gasteiger partial charge on any atom is -0.495 e. The summed E-state index contributed by atoms with van der Waals surface area (Å²) in [6.45, 7) is 1.42. The van der Waals surface area contributed by atoms with Crippen molar-refractivity contribution in [3.05, 3.63) is 48.4 Å². The summed E-state index contributed by atoms with van der Waals surface area (Å²) in [4.78, 5) is 17.6. The van der Waals surface area contributed by atoms with Crippen molar-refractivity contribution in [2.24, 2.45) is 10.7 Å². The van der Waals surface area contributed by atoms with Crippen molar-refractivity contribution in [1.82, 2.24) is 15.0 Å². The fourth-order valence-electron chi connectivity index (χ4n) is 3.41. The Bertz CT molecular complexity index is 1120. The quantitative estimate of drug-likeness (QED) is 0.500. The van der Waals surface area contributed by atoms with E-state index < -0.39 is 0 Å². The Kier molecular flexibility index (Phi) is 6.23. The number of methoxy groups -OCH3 is 1. The van der Waals surface area contributed by atoms with E-state index in [1.807, 2.05) is 24.3 Å². The van der Waals surface area contributed by atoms with Crippen LogP contribution in [0.3, 0.4) is 0 Å². The number of pyridine rings is 1. The lowest BCUT2D eigenvalue weighted by atomic mass is 10.1. The number of aromatic nitrogens is 3. The molecule has 1 unspecified atom stereocenters. The van der Waals surface area contributed by atoms with Gasteiger partial charge in [-0.3, -0.25) is 4.99 Å². The van der Waals surface area contributed by atoms with Crippen LogP contribution in [0, 0.1) is 0 Å². The zero-order valence-electron chi connectivity index (χ0n) is 17.5. The molecule has 31 heavy (non-hydrogen) atoms. The molecule has 3 aromatic rings. The predicted molar refractivity (Wildman–Crippen MR) is 123 cm³/mol. The van der Waals surface area contributed by atoms with Crippen molar-refractivity contribution in [3.63, 3.8) is 0 Å². The second kappa shape index (κ2) is 9.40. The van der Waals surface area contributed by atoms with Gasteiger partial charge in [0.05, 0.1) is 25.4 Å². The van der Waals surface area contributed by atoms with Crippen LogP contribution in [-0.2, 0) is 4.74 Å². The molecule has 0 spiro atoms. The normalized spacial score (nSPS) is 16.7. The van der Waals surface area contributed by atoms with Crippen LogP contribution < -0.4 is 21.1 Å². The fraction of sp³-hybridized carbons (Fsp3) is 0.273. The maximum Gasteiger partial charge on any atom is 0.227 e. The number of benzene rings is 1. The Morgan fingerprint density at radius 1 is 1.32 bits per heavy atom. The number of allylic oxidation sites excluding steroid dienone is 1. The third-order valence-electron chi connectivity index (χ3n) is 5.00. The molecule has 1 atom stereocenters. The first kappa shape index (κ1) is 20.5. The van der Waals surface area contributed by atoms with E-state index in [-0.39, 0.29) is 6.04 Å². The monoisotopic (exact) mass is 419 g/mol. The highest BCUT2D eigenvalue weighted by atomic mass is 16.5. The number of hydrogen-bond donors (Lipinski definition) is 3. The van der Waals surface area contributed by atoms with E-state index in [4.69, 9.17) is 20.2 Å². The van der Waals surface area contributed by atoms with E-state index in [2.05, 4.69) is 25.6 Å². The first-order valence-corrected chi connectivity index (χ1v) is 9.97. The molecule has 2 aromatic heterocycles. The maximum atomic E-state index is 5.72. The molecule has 1 saturated heterocycles. The molecule has 0 radical (unpaired) electrons. The highest BCUT2D eigenvalue weighted by Gasteiger charge is 2.18. The van der Waals surface area contributed by atoms with E-state index >= 15 is 0 Å². The second-order valence-electron chi connectivity index (χ2n) is 7.05. The Balaban J connectivity index is 1.63. The lowest BCUT2D eigenvalue weighted by Gasteiger charge is -2.14. The second-order valence-corrected chi connectivity index (χ2v) is 7.05. The number of anilines is 3. The predicted octanol–water partition coefficient (Wildman–Crippen LogP) is 2.98. The third kappa shape index (κ3) is 4.56. The highest BCUT2D eigenvalue weighted by molar-refractivity contribution is 6.09. The van der Waals surface area contributed by atoms with Gasteiger partial charge in [0.25, 0.3) is 0 Å².